The lowest BCUT2D eigenvalue weighted by atomic mass is 10.2. The van der Waals surface area contributed by atoms with Gasteiger partial charge < -0.3 is 10.2 Å². The molecule has 0 radical (unpaired) electrons. The summed E-state index contributed by atoms with van der Waals surface area (Å²) in [6, 6.07) is 9.50. The smallest absolute Gasteiger partial charge is 0.353 e. The molecule has 2 aromatic rings. The van der Waals surface area contributed by atoms with E-state index in [4.69, 9.17) is 0 Å². The molecule has 0 amide bonds. The van der Waals surface area contributed by atoms with Gasteiger partial charge in [-0.25, -0.2) is 9.97 Å². The summed E-state index contributed by atoms with van der Waals surface area (Å²) in [5.41, 5.74) is 0.740. The van der Waals surface area contributed by atoms with Crippen LogP contribution in [0.5, 0.6) is 0 Å². The summed E-state index contributed by atoms with van der Waals surface area (Å²) in [5.74, 6) is 0.524. The maximum absolute atomic E-state index is 11.5. The van der Waals surface area contributed by atoms with E-state index in [-0.39, 0.29) is 23.4 Å². The highest BCUT2D eigenvalue weighted by Gasteiger charge is 2.27. The number of rotatable bonds is 6. The van der Waals surface area contributed by atoms with Crippen molar-refractivity contribution in [1.82, 2.24) is 9.97 Å². The third-order valence-electron chi connectivity index (χ3n) is 3.05. The predicted molar refractivity (Wildman–Crippen MR) is 86.6 cm³/mol. The quantitative estimate of drug-likeness (QED) is 0.650. The Morgan fingerprint density at radius 1 is 1.27 bits per heavy atom. The number of hydrogen-bond donors (Lipinski definition) is 1. The Morgan fingerprint density at radius 3 is 2.50 bits per heavy atom. The molecule has 7 nitrogen and oxygen atoms in total. The highest BCUT2D eigenvalue weighted by molar-refractivity contribution is 5.75. The van der Waals surface area contributed by atoms with E-state index < -0.39 is 4.92 Å². The molecule has 0 saturated heterocycles. The number of nitrogens with one attached hydrogen (secondary N) is 1. The third kappa shape index (κ3) is 3.30. The Morgan fingerprint density at radius 2 is 1.95 bits per heavy atom. The number of para-hydroxylation sites is 1. The van der Waals surface area contributed by atoms with Gasteiger partial charge in [0, 0.05) is 18.3 Å². The van der Waals surface area contributed by atoms with Crippen LogP contribution in [0.25, 0.3) is 0 Å². The molecular weight excluding hydrogens is 282 g/mol. The largest absolute Gasteiger partial charge is 0.362 e. The molecular formula is C15H19N5O2. The van der Waals surface area contributed by atoms with Gasteiger partial charge in [0.15, 0.2) is 0 Å². The van der Waals surface area contributed by atoms with Gasteiger partial charge in [-0.05, 0) is 32.9 Å². The molecule has 1 heterocycles. The van der Waals surface area contributed by atoms with Gasteiger partial charge in [0.05, 0.1) is 4.92 Å². The second-order valence-electron chi connectivity index (χ2n) is 5.03. The zero-order chi connectivity index (χ0) is 16.1. The average molecular weight is 301 g/mol. The molecule has 1 aromatic heterocycles. The van der Waals surface area contributed by atoms with E-state index in [9.17, 15) is 10.1 Å². The summed E-state index contributed by atoms with van der Waals surface area (Å²) in [5, 5.41) is 14.5. The number of aromatic nitrogens is 2. The molecule has 22 heavy (non-hydrogen) atoms. The van der Waals surface area contributed by atoms with Gasteiger partial charge >= 0.3 is 5.69 Å². The third-order valence-corrected chi connectivity index (χ3v) is 3.05. The van der Waals surface area contributed by atoms with Crippen LogP contribution in [0, 0.1) is 10.1 Å². The molecule has 0 saturated carbocycles. The minimum Gasteiger partial charge on any atom is -0.362 e. The fraction of sp³-hybridized carbons (Fsp3) is 0.333. The van der Waals surface area contributed by atoms with Crippen molar-refractivity contribution in [2.45, 2.75) is 26.8 Å². The van der Waals surface area contributed by atoms with Crippen molar-refractivity contribution in [3.05, 3.63) is 46.8 Å². The molecule has 7 heteroatoms. The molecule has 0 aliphatic heterocycles. The fourth-order valence-electron chi connectivity index (χ4n) is 2.18. The normalized spacial score (nSPS) is 10.5. The molecule has 0 fully saturated rings. The van der Waals surface area contributed by atoms with E-state index in [0.29, 0.717) is 6.54 Å². The first-order chi connectivity index (χ1) is 10.5. The molecule has 116 valence electrons. The van der Waals surface area contributed by atoms with Crippen molar-refractivity contribution in [2.75, 3.05) is 16.8 Å². The predicted octanol–water partition coefficient (Wildman–Crippen LogP) is 3.36. The van der Waals surface area contributed by atoms with Gasteiger partial charge in [0.25, 0.3) is 0 Å². The molecule has 0 bridgehead atoms. The van der Waals surface area contributed by atoms with Crippen molar-refractivity contribution in [2.24, 2.45) is 0 Å². The summed E-state index contributed by atoms with van der Waals surface area (Å²) in [6.45, 7) is 6.29. The lowest BCUT2D eigenvalue weighted by molar-refractivity contribution is -0.383. The second kappa shape index (κ2) is 6.84. The molecule has 0 unspecified atom stereocenters. The van der Waals surface area contributed by atoms with E-state index >= 15 is 0 Å². The van der Waals surface area contributed by atoms with E-state index in [1.54, 1.807) is 4.90 Å². The summed E-state index contributed by atoms with van der Waals surface area (Å²) in [7, 11) is 0. The Balaban J connectivity index is 2.55. The van der Waals surface area contributed by atoms with Crippen LogP contribution in [0.1, 0.15) is 20.8 Å². The standard InChI is InChI=1S/C15H19N5O2/c1-4-19(12-8-6-5-7-9-12)15-13(20(21)22)14(16-10-17-15)18-11(2)3/h5-11H,4H2,1-3H3,(H,16,17,18). The number of hydrogen-bond acceptors (Lipinski definition) is 6. The SMILES string of the molecule is CCN(c1ccccc1)c1ncnc(NC(C)C)c1[N+](=O)[O-]. The number of nitrogens with zero attached hydrogens (tertiary/aromatic N) is 4. The number of benzene rings is 1. The van der Waals surface area contributed by atoms with Crippen molar-refractivity contribution in [1.29, 1.82) is 0 Å². The van der Waals surface area contributed by atoms with E-state index in [0.717, 1.165) is 5.69 Å². The number of nitro groups is 1. The van der Waals surface area contributed by atoms with Crippen LogP contribution in [0.2, 0.25) is 0 Å². The van der Waals surface area contributed by atoms with Gasteiger partial charge in [-0.2, -0.15) is 0 Å². The van der Waals surface area contributed by atoms with E-state index in [1.165, 1.54) is 6.33 Å². The molecule has 1 aromatic carbocycles. The minimum atomic E-state index is -0.439. The first kappa shape index (κ1) is 15.7. The lowest BCUT2D eigenvalue weighted by Gasteiger charge is -2.22. The Kier molecular flexibility index (Phi) is 4.88. The van der Waals surface area contributed by atoms with Crippen LogP contribution in [0.15, 0.2) is 36.7 Å². The highest BCUT2D eigenvalue weighted by Crippen LogP contribution is 2.35. The highest BCUT2D eigenvalue weighted by atomic mass is 16.6. The molecule has 0 aliphatic carbocycles. The fourth-order valence-corrected chi connectivity index (χ4v) is 2.18. The van der Waals surface area contributed by atoms with E-state index in [1.807, 2.05) is 51.1 Å². The zero-order valence-electron chi connectivity index (χ0n) is 12.9. The lowest BCUT2D eigenvalue weighted by Crippen LogP contribution is -2.21. The average Bonchev–Trinajstić information content (AvgIpc) is 2.48. The first-order valence-corrected chi connectivity index (χ1v) is 7.13. The van der Waals surface area contributed by atoms with Crippen LogP contribution < -0.4 is 10.2 Å². The minimum absolute atomic E-state index is 0.0354. The van der Waals surface area contributed by atoms with Gasteiger partial charge in [-0.1, -0.05) is 18.2 Å². The van der Waals surface area contributed by atoms with Gasteiger partial charge in [0.1, 0.15) is 6.33 Å². The summed E-state index contributed by atoms with van der Waals surface area (Å²) in [6.07, 6.45) is 1.35. The first-order valence-electron chi connectivity index (χ1n) is 7.13. The zero-order valence-corrected chi connectivity index (χ0v) is 12.9. The maximum Gasteiger partial charge on any atom is 0.353 e. The summed E-state index contributed by atoms with van der Waals surface area (Å²) in [4.78, 5) is 21.1. The number of anilines is 3. The topological polar surface area (TPSA) is 84.2 Å². The van der Waals surface area contributed by atoms with Crippen molar-refractivity contribution >= 4 is 23.0 Å². The Labute approximate surface area is 129 Å². The Bertz CT molecular complexity index is 646. The summed E-state index contributed by atoms with van der Waals surface area (Å²) < 4.78 is 0. The van der Waals surface area contributed by atoms with Crippen molar-refractivity contribution < 1.29 is 4.92 Å². The van der Waals surface area contributed by atoms with Gasteiger partial charge in [0.2, 0.25) is 11.6 Å². The summed E-state index contributed by atoms with van der Waals surface area (Å²) >= 11 is 0. The van der Waals surface area contributed by atoms with Crippen LogP contribution in [-0.2, 0) is 0 Å². The van der Waals surface area contributed by atoms with Crippen molar-refractivity contribution in [3.63, 3.8) is 0 Å². The van der Waals surface area contributed by atoms with Crippen LogP contribution in [0.3, 0.4) is 0 Å². The van der Waals surface area contributed by atoms with E-state index in [2.05, 4.69) is 15.3 Å². The molecule has 1 N–H and O–H groups in total. The van der Waals surface area contributed by atoms with Gasteiger partial charge in [-0.3, -0.25) is 10.1 Å². The van der Waals surface area contributed by atoms with Gasteiger partial charge in [-0.15, -0.1) is 0 Å². The molecule has 0 aliphatic rings. The molecule has 0 spiro atoms. The monoisotopic (exact) mass is 301 g/mol. The van der Waals surface area contributed by atoms with Crippen molar-refractivity contribution in [3.8, 4) is 0 Å². The van der Waals surface area contributed by atoms with Crippen LogP contribution >= 0.6 is 0 Å². The molecule has 0 atom stereocenters. The maximum atomic E-state index is 11.5. The van der Waals surface area contributed by atoms with Crippen LogP contribution in [-0.4, -0.2) is 27.5 Å². The molecule has 2 rings (SSSR count). The Hall–Kier alpha value is -2.70. The second-order valence-corrected chi connectivity index (χ2v) is 5.03. The van der Waals surface area contributed by atoms with Crippen LogP contribution in [0.4, 0.5) is 23.0 Å².